The molecular formula is C17H24N2O. The van der Waals surface area contributed by atoms with E-state index < -0.39 is 0 Å². The highest BCUT2D eigenvalue weighted by Crippen LogP contribution is 2.33. The second-order valence-electron chi connectivity index (χ2n) is 6.06. The van der Waals surface area contributed by atoms with E-state index in [0.717, 1.165) is 25.8 Å². The van der Waals surface area contributed by atoms with Crippen molar-refractivity contribution in [2.45, 2.75) is 50.6 Å². The van der Waals surface area contributed by atoms with Crippen molar-refractivity contribution in [3.05, 3.63) is 35.4 Å². The lowest BCUT2D eigenvalue weighted by Crippen LogP contribution is -2.48. The Labute approximate surface area is 121 Å². The number of nitrogens with zero attached hydrogens (tertiary/aromatic N) is 1. The Morgan fingerprint density at radius 1 is 1.20 bits per heavy atom. The van der Waals surface area contributed by atoms with Gasteiger partial charge in [-0.15, -0.1) is 0 Å². The van der Waals surface area contributed by atoms with Gasteiger partial charge in [0, 0.05) is 7.05 Å². The molecule has 0 aromatic heterocycles. The number of hydrogen-bond acceptors (Lipinski definition) is 2. The molecule has 20 heavy (non-hydrogen) atoms. The average Bonchev–Trinajstić information content (AvgIpc) is 2.54. The lowest BCUT2D eigenvalue weighted by molar-refractivity contribution is -0.135. The molecule has 1 heterocycles. The fraction of sp³-hybridized carbons (Fsp3) is 0.588. The number of benzene rings is 1. The molecule has 1 aliphatic carbocycles. The molecular weight excluding hydrogens is 248 g/mol. The summed E-state index contributed by atoms with van der Waals surface area (Å²) in [5.41, 5.74) is 2.77. The normalized spacial score (nSPS) is 25.9. The van der Waals surface area contributed by atoms with Crippen molar-refractivity contribution in [3.63, 3.8) is 0 Å². The van der Waals surface area contributed by atoms with E-state index in [1.165, 1.54) is 30.4 Å². The summed E-state index contributed by atoms with van der Waals surface area (Å²) in [7, 11) is 1.98. The minimum Gasteiger partial charge on any atom is -0.337 e. The highest BCUT2D eigenvalue weighted by atomic mass is 16.2. The van der Waals surface area contributed by atoms with Crippen LogP contribution in [0.2, 0.25) is 0 Å². The van der Waals surface area contributed by atoms with Crippen LogP contribution >= 0.6 is 0 Å². The van der Waals surface area contributed by atoms with Gasteiger partial charge in [-0.1, -0.05) is 30.7 Å². The van der Waals surface area contributed by atoms with Crippen LogP contribution in [0, 0.1) is 0 Å². The monoisotopic (exact) mass is 272 g/mol. The van der Waals surface area contributed by atoms with Gasteiger partial charge in [0.1, 0.15) is 0 Å². The molecule has 1 saturated heterocycles. The summed E-state index contributed by atoms with van der Waals surface area (Å²) in [6.45, 7) is 0.978. The highest BCUT2D eigenvalue weighted by Gasteiger charge is 2.30. The summed E-state index contributed by atoms with van der Waals surface area (Å²) in [6, 6.07) is 8.88. The lowest BCUT2D eigenvalue weighted by atomic mass is 9.86. The number of aryl methyl sites for hydroxylation is 1. The smallest absolute Gasteiger partial charge is 0.239 e. The third kappa shape index (κ3) is 2.59. The fourth-order valence-corrected chi connectivity index (χ4v) is 3.59. The summed E-state index contributed by atoms with van der Waals surface area (Å²) in [5, 5.41) is 3.37. The number of hydrogen-bond donors (Lipinski definition) is 1. The molecule has 1 aromatic rings. The summed E-state index contributed by atoms with van der Waals surface area (Å²) in [5.74, 6) is 0.270. The first-order chi connectivity index (χ1) is 9.77. The molecule has 2 atom stereocenters. The van der Waals surface area contributed by atoms with Gasteiger partial charge in [0.25, 0.3) is 0 Å². The first-order valence-corrected chi connectivity index (χ1v) is 7.85. The van der Waals surface area contributed by atoms with Crippen LogP contribution in [0.4, 0.5) is 0 Å². The molecule has 1 aromatic carbocycles. The van der Waals surface area contributed by atoms with E-state index in [4.69, 9.17) is 0 Å². The van der Waals surface area contributed by atoms with E-state index in [0.29, 0.717) is 0 Å². The van der Waals surface area contributed by atoms with Gasteiger partial charge in [0.15, 0.2) is 0 Å². The van der Waals surface area contributed by atoms with E-state index in [1.807, 2.05) is 11.9 Å². The number of likely N-dealkylation sites (N-methyl/N-ethyl adjacent to an activating group) is 1. The minimum atomic E-state index is 0.0304. The van der Waals surface area contributed by atoms with Gasteiger partial charge < -0.3 is 10.2 Å². The first-order valence-electron chi connectivity index (χ1n) is 7.85. The number of piperidine rings is 1. The zero-order chi connectivity index (χ0) is 13.9. The number of carbonyl (C=O) groups excluding carboxylic acids is 1. The Morgan fingerprint density at radius 3 is 2.85 bits per heavy atom. The van der Waals surface area contributed by atoms with Gasteiger partial charge in [-0.25, -0.2) is 0 Å². The van der Waals surface area contributed by atoms with Gasteiger partial charge in [-0.3, -0.25) is 4.79 Å². The van der Waals surface area contributed by atoms with Gasteiger partial charge in [-0.05, 0) is 49.8 Å². The Hall–Kier alpha value is -1.35. The minimum absolute atomic E-state index is 0.0304. The number of carbonyl (C=O) groups is 1. The van der Waals surface area contributed by atoms with E-state index >= 15 is 0 Å². The van der Waals surface area contributed by atoms with Gasteiger partial charge in [0.05, 0.1) is 12.1 Å². The second kappa shape index (κ2) is 5.96. The Morgan fingerprint density at radius 2 is 2.05 bits per heavy atom. The maximum absolute atomic E-state index is 12.7. The molecule has 1 aliphatic heterocycles. The molecule has 0 radical (unpaired) electrons. The van der Waals surface area contributed by atoms with Crippen molar-refractivity contribution in [1.29, 1.82) is 0 Å². The van der Waals surface area contributed by atoms with E-state index in [2.05, 4.69) is 29.6 Å². The molecule has 1 amide bonds. The van der Waals surface area contributed by atoms with Crippen LogP contribution in [0.3, 0.4) is 0 Å². The molecule has 0 bridgehead atoms. The summed E-state index contributed by atoms with van der Waals surface area (Å²) < 4.78 is 0. The van der Waals surface area contributed by atoms with Gasteiger partial charge in [0.2, 0.25) is 5.91 Å². The van der Waals surface area contributed by atoms with E-state index in [9.17, 15) is 4.79 Å². The van der Waals surface area contributed by atoms with Gasteiger partial charge >= 0.3 is 0 Å². The average molecular weight is 272 g/mol. The number of amides is 1. The third-order valence-corrected chi connectivity index (χ3v) is 4.76. The largest absolute Gasteiger partial charge is 0.337 e. The zero-order valence-corrected chi connectivity index (χ0v) is 12.3. The molecule has 3 nitrogen and oxygen atoms in total. The lowest BCUT2D eigenvalue weighted by Gasteiger charge is -2.36. The van der Waals surface area contributed by atoms with Crippen molar-refractivity contribution in [1.82, 2.24) is 10.2 Å². The predicted octanol–water partition coefficient (Wildman–Crippen LogP) is 2.66. The predicted molar refractivity (Wildman–Crippen MR) is 80.5 cm³/mol. The number of nitrogens with one attached hydrogen (secondary N) is 1. The molecule has 1 N–H and O–H groups in total. The Bertz CT molecular complexity index is 480. The Balaban J connectivity index is 1.77. The first kappa shape index (κ1) is 13.6. The van der Waals surface area contributed by atoms with E-state index in [-0.39, 0.29) is 18.0 Å². The molecule has 3 rings (SSSR count). The summed E-state index contributed by atoms with van der Waals surface area (Å²) >= 11 is 0. The second-order valence-corrected chi connectivity index (χ2v) is 6.06. The summed E-state index contributed by atoms with van der Waals surface area (Å²) in [6.07, 6.45) is 6.76. The van der Waals surface area contributed by atoms with Crippen molar-refractivity contribution in [2.24, 2.45) is 0 Å². The van der Waals surface area contributed by atoms with Crippen LogP contribution in [0.25, 0.3) is 0 Å². The standard InChI is InChI=1S/C17H24N2O/c1-19(17(20)15-10-4-5-12-18-15)16-11-6-8-13-7-2-3-9-14(13)16/h2-3,7,9,15-16,18H,4-6,8,10-12H2,1H3/t15-,16?/m1/s1. The van der Waals surface area contributed by atoms with Crippen molar-refractivity contribution in [3.8, 4) is 0 Å². The molecule has 1 fully saturated rings. The summed E-state index contributed by atoms with van der Waals surface area (Å²) in [4.78, 5) is 14.7. The maximum atomic E-state index is 12.7. The number of fused-ring (bicyclic) bond motifs is 1. The molecule has 0 saturated carbocycles. The van der Waals surface area contributed by atoms with Crippen LogP contribution in [0.15, 0.2) is 24.3 Å². The molecule has 2 aliphatic rings. The van der Waals surface area contributed by atoms with Crippen LogP contribution < -0.4 is 5.32 Å². The van der Waals surface area contributed by atoms with Crippen LogP contribution in [0.1, 0.15) is 49.3 Å². The molecule has 1 unspecified atom stereocenters. The SMILES string of the molecule is CN(C(=O)[C@H]1CCCCN1)C1CCCc2ccccc21. The molecule has 0 spiro atoms. The maximum Gasteiger partial charge on any atom is 0.239 e. The fourth-order valence-electron chi connectivity index (χ4n) is 3.59. The number of rotatable bonds is 2. The van der Waals surface area contributed by atoms with Crippen LogP contribution in [0.5, 0.6) is 0 Å². The van der Waals surface area contributed by atoms with Gasteiger partial charge in [-0.2, -0.15) is 0 Å². The third-order valence-electron chi connectivity index (χ3n) is 4.76. The van der Waals surface area contributed by atoms with E-state index in [1.54, 1.807) is 0 Å². The van der Waals surface area contributed by atoms with Crippen molar-refractivity contribution < 1.29 is 4.79 Å². The topological polar surface area (TPSA) is 32.3 Å². The molecule has 3 heteroatoms. The zero-order valence-electron chi connectivity index (χ0n) is 12.3. The quantitative estimate of drug-likeness (QED) is 0.897. The van der Waals surface area contributed by atoms with Crippen molar-refractivity contribution in [2.75, 3.05) is 13.6 Å². The molecule has 108 valence electrons. The van der Waals surface area contributed by atoms with Crippen LogP contribution in [-0.4, -0.2) is 30.4 Å². The van der Waals surface area contributed by atoms with Crippen molar-refractivity contribution >= 4 is 5.91 Å². The van der Waals surface area contributed by atoms with Crippen LogP contribution in [-0.2, 0) is 11.2 Å². The highest BCUT2D eigenvalue weighted by molar-refractivity contribution is 5.82. The Kier molecular flexibility index (Phi) is 4.06.